The molecule has 0 radical (unpaired) electrons. The van der Waals surface area contributed by atoms with Crippen molar-refractivity contribution in [1.82, 2.24) is 0 Å². The first-order chi connectivity index (χ1) is 9.40. The zero-order chi connectivity index (χ0) is 14.8. The van der Waals surface area contributed by atoms with Crippen LogP contribution >= 0.6 is 0 Å². The summed E-state index contributed by atoms with van der Waals surface area (Å²) in [6.45, 7) is 9.65. The van der Waals surface area contributed by atoms with Crippen molar-refractivity contribution in [2.24, 2.45) is 0 Å². The van der Waals surface area contributed by atoms with Crippen molar-refractivity contribution in [2.45, 2.75) is 36.9 Å². The Morgan fingerprint density at radius 3 is 1.40 bits per heavy atom. The fourth-order valence-corrected chi connectivity index (χ4v) is 10.5. The molecule has 0 amide bonds. The van der Waals surface area contributed by atoms with E-state index in [9.17, 15) is 0 Å². The van der Waals surface area contributed by atoms with Crippen molar-refractivity contribution in [1.29, 1.82) is 0 Å². The van der Waals surface area contributed by atoms with Crippen LogP contribution in [0.15, 0.2) is 60.7 Å². The molecule has 2 aromatic carbocycles. The summed E-state index contributed by atoms with van der Waals surface area (Å²) in [7, 11) is -1.83. The van der Waals surface area contributed by atoms with Gasteiger partial charge in [0.05, 0.1) is 0 Å². The van der Waals surface area contributed by atoms with E-state index < -0.39 is 8.07 Å². The molecule has 1 atom stereocenters. The summed E-state index contributed by atoms with van der Waals surface area (Å²) < 4.78 is 0.660. The molecule has 0 aromatic heterocycles. The predicted octanol–water partition coefficient (Wildman–Crippen LogP) is 3.57. The average Bonchev–Trinajstić information content (AvgIpc) is 2.40. The van der Waals surface area contributed by atoms with Crippen molar-refractivity contribution in [3.8, 4) is 0 Å². The molecule has 0 saturated heterocycles. The first-order valence-electron chi connectivity index (χ1n) is 7.51. The normalized spacial score (nSPS) is 14.1. The van der Waals surface area contributed by atoms with E-state index in [1.807, 2.05) is 0 Å². The molecule has 0 heterocycles. The van der Waals surface area contributed by atoms with E-state index in [1.54, 1.807) is 10.4 Å². The van der Waals surface area contributed by atoms with Crippen LogP contribution in [-0.4, -0.2) is 25.8 Å². The quantitative estimate of drug-likeness (QED) is 0.751. The van der Waals surface area contributed by atoms with Gasteiger partial charge in [-0.05, 0) is 0 Å². The molecule has 0 bridgehead atoms. The number of benzene rings is 2. The van der Waals surface area contributed by atoms with Crippen LogP contribution in [0.2, 0.25) is 9.25 Å². The monoisotopic (exact) mass is 274 g/mol. The molecular formula is C18H23LiSi. The van der Waals surface area contributed by atoms with E-state index >= 15 is 0 Å². The second-order valence-electron chi connectivity index (χ2n) is 6.94. The topological polar surface area (TPSA) is 0 Å². The van der Waals surface area contributed by atoms with Crippen LogP contribution in [0.1, 0.15) is 27.7 Å². The number of hydrogen-bond acceptors (Lipinski definition) is 0. The zero-order valence-electron chi connectivity index (χ0n) is 13.4. The summed E-state index contributed by atoms with van der Waals surface area (Å²) in [6, 6.07) is 22.3. The molecule has 0 aliphatic carbocycles. The van der Waals surface area contributed by atoms with E-state index in [0.717, 1.165) is 0 Å². The Labute approximate surface area is 133 Å². The molecule has 2 aromatic rings. The Morgan fingerprint density at radius 2 is 1.15 bits per heavy atom. The Bertz CT molecular complexity index is 501. The van der Waals surface area contributed by atoms with Crippen molar-refractivity contribution in [3.05, 3.63) is 60.7 Å². The molecule has 1 unspecified atom stereocenters. The summed E-state index contributed by atoms with van der Waals surface area (Å²) in [5, 5.41) is 3.38. The van der Waals surface area contributed by atoms with Gasteiger partial charge in [-0.1, -0.05) is 0 Å². The van der Waals surface area contributed by atoms with Crippen molar-refractivity contribution in [2.75, 3.05) is 0 Å². The summed E-state index contributed by atoms with van der Waals surface area (Å²) in [6.07, 6.45) is 0. The Kier molecular flexibility index (Phi) is 4.64. The number of rotatable bonds is 3. The van der Waals surface area contributed by atoms with Crippen molar-refractivity contribution >= 4 is 36.2 Å². The fraction of sp³-hybridized carbons (Fsp3) is 0.333. The van der Waals surface area contributed by atoms with E-state index in [2.05, 4.69) is 106 Å². The molecule has 2 rings (SSSR count). The maximum absolute atomic E-state index is 2.42. The molecule has 0 fully saturated rings. The zero-order valence-corrected chi connectivity index (χ0v) is 14.4. The molecule has 0 saturated carbocycles. The van der Waals surface area contributed by atoms with Gasteiger partial charge in [-0.2, -0.15) is 0 Å². The van der Waals surface area contributed by atoms with Gasteiger partial charge in [0.1, 0.15) is 0 Å². The van der Waals surface area contributed by atoms with E-state index in [-0.39, 0.29) is 5.04 Å². The van der Waals surface area contributed by atoms with Crippen LogP contribution in [0.25, 0.3) is 0 Å². The molecule has 0 nitrogen and oxygen atoms in total. The van der Waals surface area contributed by atoms with Gasteiger partial charge in [0, 0.05) is 0 Å². The Hall–Kier alpha value is -0.746. The second-order valence-corrected chi connectivity index (χ2v) is 12.4. The van der Waals surface area contributed by atoms with Gasteiger partial charge in [-0.3, -0.25) is 0 Å². The molecule has 2 heteroatoms. The van der Waals surface area contributed by atoms with E-state index in [1.165, 1.54) is 0 Å². The van der Waals surface area contributed by atoms with Gasteiger partial charge >= 0.3 is 134 Å². The van der Waals surface area contributed by atoms with Gasteiger partial charge in [-0.25, -0.2) is 0 Å². The Balaban J connectivity index is 2.78. The van der Waals surface area contributed by atoms with Crippen LogP contribution in [0.4, 0.5) is 0 Å². The molecule has 0 N–H and O–H groups in total. The van der Waals surface area contributed by atoms with Crippen LogP contribution in [0.3, 0.4) is 0 Å². The van der Waals surface area contributed by atoms with Crippen LogP contribution in [-0.2, 0) is 0 Å². The van der Waals surface area contributed by atoms with Gasteiger partial charge < -0.3 is 0 Å². The first kappa shape index (κ1) is 15.6. The van der Waals surface area contributed by atoms with Gasteiger partial charge in [-0.15, -0.1) is 0 Å². The molecule has 100 valence electrons. The predicted molar refractivity (Wildman–Crippen MR) is 92.8 cm³/mol. The molecule has 0 aliphatic heterocycles. The third kappa shape index (κ3) is 2.55. The van der Waals surface area contributed by atoms with Crippen molar-refractivity contribution < 1.29 is 0 Å². The number of hydrogen-bond donors (Lipinski definition) is 0. The van der Waals surface area contributed by atoms with Gasteiger partial charge in [0.15, 0.2) is 0 Å². The molecule has 0 spiro atoms. The van der Waals surface area contributed by atoms with Gasteiger partial charge in [0.25, 0.3) is 0 Å². The standard InChI is InChI=1S/C18H23Si.Li/c1-5-19(18(2,3)4,16-12-8-6-9-13-16)17-14-10-7-11-15-17;/h5-15H,1-4H3;. The summed E-state index contributed by atoms with van der Waals surface area (Å²) >= 11 is 2.40. The Morgan fingerprint density at radius 1 is 0.800 bits per heavy atom. The third-order valence-corrected chi connectivity index (χ3v) is 11.1. The SMILES string of the molecule is [Li][CH](C)[Si](c1ccccc1)(c1ccccc1)C(C)(C)C. The third-order valence-electron chi connectivity index (χ3n) is 4.51. The molecule has 20 heavy (non-hydrogen) atoms. The van der Waals surface area contributed by atoms with E-state index in [4.69, 9.17) is 0 Å². The summed E-state index contributed by atoms with van der Waals surface area (Å²) in [5.74, 6) is 0. The van der Waals surface area contributed by atoms with E-state index in [0.29, 0.717) is 4.21 Å². The average molecular weight is 274 g/mol. The summed E-state index contributed by atoms with van der Waals surface area (Å²) in [5.41, 5.74) is 0. The van der Waals surface area contributed by atoms with Crippen LogP contribution in [0.5, 0.6) is 0 Å². The van der Waals surface area contributed by atoms with Crippen LogP contribution < -0.4 is 10.4 Å². The fourth-order valence-electron chi connectivity index (χ4n) is 3.97. The second kappa shape index (κ2) is 5.94. The van der Waals surface area contributed by atoms with Gasteiger partial charge in [0.2, 0.25) is 0 Å². The maximum atomic E-state index is 2.42. The first-order valence-corrected chi connectivity index (χ1v) is 9.59. The van der Waals surface area contributed by atoms with Crippen LogP contribution in [0, 0.1) is 0 Å². The minimum absolute atomic E-state index is 0.282. The minimum atomic E-state index is -1.83. The molecular weight excluding hydrogens is 251 g/mol. The summed E-state index contributed by atoms with van der Waals surface area (Å²) in [4.78, 5) is 0. The molecule has 0 aliphatic rings. The van der Waals surface area contributed by atoms with Crippen molar-refractivity contribution in [3.63, 3.8) is 0 Å².